The van der Waals surface area contributed by atoms with Gasteiger partial charge in [0, 0.05) is 0 Å². The van der Waals surface area contributed by atoms with Gasteiger partial charge in [-0.2, -0.15) is 4.98 Å². The van der Waals surface area contributed by atoms with Crippen LogP contribution in [-0.4, -0.2) is 65.3 Å². The summed E-state index contributed by atoms with van der Waals surface area (Å²) in [4.78, 5) is 41.7. The molecule has 26 heavy (non-hydrogen) atoms. The third-order valence-corrected chi connectivity index (χ3v) is 6.80. The van der Waals surface area contributed by atoms with E-state index in [2.05, 4.69) is 9.51 Å². The first-order chi connectivity index (χ1) is 11.8. The molecule has 2 heterocycles. The number of hydrogen-bond acceptors (Lipinski definition) is 9. The third kappa shape index (κ3) is 4.94. The molecule has 1 fully saturated rings. The molecular weight excluding hydrogens is 403 g/mol. The Hall–Kier alpha value is -1.21. The third-order valence-electron chi connectivity index (χ3n) is 3.35. The number of nitrogen functional groups attached to an aromatic ring is 1. The van der Waals surface area contributed by atoms with Crippen molar-refractivity contribution in [1.29, 1.82) is 0 Å². The van der Waals surface area contributed by atoms with Crippen LogP contribution in [0.5, 0.6) is 0 Å². The molecule has 1 aromatic heterocycles. The second-order valence-electron chi connectivity index (χ2n) is 5.45. The fourth-order valence-electron chi connectivity index (χ4n) is 2.20. The predicted molar refractivity (Wildman–Crippen MR) is 81.5 cm³/mol. The lowest BCUT2D eigenvalue weighted by molar-refractivity contribution is -0.0527. The molecule has 5 atom stereocenters. The van der Waals surface area contributed by atoms with Crippen molar-refractivity contribution in [3.05, 3.63) is 22.5 Å². The number of nitrogens with zero attached hydrogens (tertiary/aromatic N) is 2. The van der Waals surface area contributed by atoms with E-state index in [4.69, 9.17) is 20.3 Å². The number of nitrogens with two attached hydrogens (primary N) is 1. The minimum Gasteiger partial charge on any atom is -0.387 e. The van der Waals surface area contributed by atoms with Gasteiger partial charge in [-0.25, -0.2) is 9.18 Å². The maximum atomic E-state index is 13.5. The highest BCUT2D eigenvalue weighted by Crippen LogP contribution is 2.55. The molecular formula is C10H16FN3O10P2. The summed E-state index contributed by atoms with van der Waals surface area (Å²) in [6.45, 7) is -0.845. The van der Waals surface area contributed by atoms with Gasteiger partial charge in [0.25, 0.3) is 0 Å². The average Bonchev–Trinajstić information content (AvgIpc) is 2.75. The summed E-state index contributed by atoms with van der Waals surface area (Å²) < 4.78 is 46.0. The monoisotopic (exact) mass is 419 g/mol. The SMILES string of the molecule is Nc1nc(=O)n([C@@H]2O[C@H](COP(=O)(O)CP(=O)(O)O)[C@@H](O)[C@H]2O)cc1F. The number of anilines is 1. The Balaban J connectivity index is 2.13. The molecule has 0 aliphatic carbocycles. The number of aliphatic hydroxyl groups is 2. The van der Waals surface area contributed by atoms with E-state index in [0.29, 0.717) is 10.8 Å². The molecule has 1 aliphatic heterocycles. The van der Waals surface area contributed by atoms with E-state index < -0.39 is 69.6 Å². The van der Waals surface area contributed by atoms with Crippen LogP contribution in [0.25, 0.3) is 0 Å². The number of halogens is 1. The van der Waals surface area contributed by atoms with Crippen molar-refractivity contribution in [3.63, 3.8) is 0 Å². The number of aliphatic hydroxyl groups excluding tert-OH is 2. The Kier molecular flexibility index (Phi) is 6.03. The molecule has 13 nitrogen and oxygen atoms in total. The van der Waals surface area contributed by atoms with Crippen LogP contribution < -0.4 is 11.4 Å². The predicted octanol–water partition coefficient (Wildman–Crippen LogP) is -2.08. The smallest absolute Gasteiger partial charge is 0.351 e. The van der Waals surface area contributed by atoms with Crippen LogP contribution >= 0.6 is 15.2 Å². The normalized spacial score (nSPS) is 28.8. The van der Waals surface area contributed by atoms with E-state index in [-0.39, 0.29) is 0 Å². The standard InChI is InChI=1S/C10H16FN3O10P2/c11-4-1-14(10(17)13-8(4)12)9-7(16)6(15)5(24-9)2-23-26(21,22)3-25(18,19)20/h1,5-7,9,15-16H,2-3H2,(H,21,22)(H2,12,13,17)(H2,18,19,20)/t5-,6-,7-,9-/m1/s1. The van der Waals surface area contributed by atoms with Crippen LogP contribution in [0, 0.1) is 5.82 Å². The fourth-order valence-corrected chi connectivity index (χ4v) is 4.77. The number of aromatic nitrogens is 2. The molecule has 1 saturated heterocycles. The van der Waals surface area contributed by atoms with Crippen molar-refractivity contribution in [1.82, 2.24) is 9.55 Å². The average molecular weight is 419 g/mol. The zero-order valence-corrected chi connectivity index (χ0v) is 14.6. The maximum Gasteiger partial charge on any atom is 0.351 e. The van der Waals surface area contributed by atoms with Gasteiger partial charge in [0.05, 0.1) is 12.8 Å². The summed E-state index contributed by atoms with van der Waals surface area (Å²) in [5.74, 6) is -3.23. The summed E-state index contributed by atoms with van der Waals surface area (Å²) in [6.07, 6.45) is -5.94. The molecule has 16 heteroatoms. The van der Waals surface area contributed by atoms with E-state index in [9.17, 15) is 33.4 Å². The molecule has 0 aromatic carbocycles. The summed E-state index contributed by atoms with van der Waals surface area (Å²) in [7, 11) is -9.57. The Morgan fingerprint density at radius 1 is 1.31 bits per heavy atom. The van der Waals surface area contributed by atoms with Crippen LogP contribution in [0.15, 0.2) is 11.0 Å². The van der Waals surface area contributed by atoms with Crippen molar-refractivity contribution in [2.45, 2.75) is 24.5 Å². The van der Waals surface area contributed by atoms with Gasteiger partial charge in [-0.15, -0.1) is 0 Å². The van der Waals surface area contributed by atoms with Crippen molar-refractivity contribution in [2.24, 2.45) is 0 Å². The molecule has 2 rings (SSSR count). The van der Waals surface area contributed by atoms with Gasteiger partial charge in [0.2, 0.25) is 0 Å². The van der Waals surface area contributed by atoms with Gasteiger partial charge in [0.15, 0.2) is 23.8 Å². The highest BCUT2D eigenvalue weighted by Gasteiger charge is 2.45. The summed E-state index contributed by atoms with van der Waals surface area (Å²) in [5.41, 5.74) is 4.04. The molecule has 0 bridgehead atoms. The van der Waals surface area contributed by atoms with E-state index in [1.165, 1.54) is 0 Å². The van der Waals surface area contributed by atoms with E-state index >= 15 is 0 Å². The molecule has 0 spiro atoms. The highest BCUT2D eigenvalue weighted by molar-refractivity contribution is 7.70. The Morgan fingerprint density at radius 3 is 2.50 bits per heavy atom. The van der Waals surface area contributed by atoms with Gasteiger partial charge < -0.3 is 39.9 Å². The molecule has 1 aliphatic rings. The van der Waals surface area contributed by atoms with Crippen LogP contribution in [0.3, 0.4) is 0 Å². The topological polar surface area (TPSA) is 215 Å². The summed E-state index contributed by atoms with van der Waals surface area (Å²) in [6, 6.07) is 0. The molecule has 0 amide bonds. The number of hydrogen-bond donors (Lipinski definition) is 6. The van der Waals surface area contributed by atoms with Crippen molar-refractivity contribution < 1.29 is 47.7 Å². The second kappa shape index (κ2) is 7.43. The lowest BCUT2D eigenvalue weighted by Gasteiger charge is -2.18. The molecule has 1 unspecified atom stereocenters. The zero-order valence-electron chi connectivity index (χ0n) is 12.8. The first kappa shape index (κ1) is 21.1. The van der Waals surface area contributed by atoms with Crippen LogP contribution in [0.1, 0.15) is 6.23 Å². The minimum absolute atomic E-state index is 0.522. The Morgan fingerprint density at radius 2 is 1.92 bits per heavy atom. The molecule has 0 radical (unpaired) electrons. The Bertz CT molecular complexity index is 828. The minimum atomic E-state index is -4.85. The van der Waals surface area contributed by atoms with Gasteiger partial charge in [-0.1, -0.05) is 0 Å². The van der Waals surface area contributed by atoms with E-state index in [0.717, 1.165) is 0 Å². The van der Waals surface area contributed by atoms with E-state index in [1.54, 1.807) is 0 Å². The lowest BCUT2D eigenvalue weighted by Crippen LogP contribution is -2.36. The summed E-state index contributed by atoms with van der Waals surface area (Å²) in [5, 5.41) is 19.9. The quantitative estimate of drug-likeness (QED) is 0.274. The molecule has 0 saturated carbocycles. The molecule has 1 aromatic rings. The van der Waals surface area contributed by atoms with Crippen molar-refractivity contribution >= 4 is 21.0 Å². The lowest BCUT2D eigenvalue weighted by atomic mass is 10.1. The number of ether oxygens (including phenoxy) is 1. The zero-order chi connectivity index (χ0) is 19.9. The fraction of sp³-hybridized carbons (Fsp3) is 0.600. The highest BCUT2D eigenvalue weighted by atomic mass is 31.2. The molecule has 148 valence electrons. The van der Waals surface area contributed by atoms with Gasteiger partial charge in [-0.3, -0.25) is 13.7 Å². The van der Waals surface area contributed by atoms with E-state index in [1.807, 2.05) is 0 Å². The second-order valence-corrected chi connectivity index (χ2v) is 9.44. The van der Waals surface area contributed by atoms with Gasteiger partial charge in [-0.05, 0) is 0 Å². The maximum absolute atomic E-state index is 13.5. The molecule has 7 N–H and O–H groups in total. The van der Waals surface area contributed by atoms with Crippen LogP contribution in [0.2, 0.25) is 0 Å². The van der Waals surface area contributed by atoms with Crippen molar-refractivity contribution in [2.75, 3.05) is 18.2 Å². The van der Waals surface area contributed by atoms with Crippen molar-refractivity contribution in [3.8, 4) is 0 Å². The number of rotatable bonds is 6. The van der Waals surface area contributed by atoms with Gasteiger partial charge in [0.1, 0.15) is 18.3 Å². The van der Waals surface area contributed by atoms with Crippen LogP contribution in [0.4, 0.5) is 10.2 Å². The first-order valence-corrected chi connectivity index (χ1v) is 10.4. The Labute approximate surface area is 144 Å². The first-order valence-electron chi connectivity index (χ1n) is 6.87. The van der Waals surface area contributed by atoms with Crippen LogP contribution in [-0.2, 0) is 18.4 Å². The van der Waals surface area contributed by atoms with Gasteiger partial charge >= 0.3 is 20.9 Å². The largest absolute Gasteiger partial charge is 0.387 e. The summed E-state index contributed by atoms with van der Waals surface area (Å²) >= 11 is 0.